The molecule has 1 aromatic rings. The molecule has 0 spiro atoms. The number of nitrogens with one attached hydrogen (secondary N) is 1. The van der Waals surface area contributed by atoms with Crippen LogP contribution in [-0.2, 0) is 14.9 Å². The maximum Gasteiger partial charge on any atom is 0.314 e. The Morgan fingerprint density at radius 2 is 2.15 bits per heavy atom. The lowest BCUT2D eigenvalue weighted by Crippen LogP contribution is -2.62. The summed E-state index contributed by atoms with van der Waals surface area (Å²) in [4.78, 5) is 13.3. The smallest absolute Gasteiger partial charge is 0.314 e. The third-order valence-corrected chi connectivity index (χ3v) is 5.31. The van der Waals surface area contributed by atoms with Crippen molar-refractivity contribution in [2.45, 2.75) is 38.6 Å². The van der Waals surface area contributed by atoms with E-state index in [4.69, 9.17) is 17.0 Å². The van der Waals surface area contributed by atoms with Crippen molar-refractivity contribution in [1.82, 2.24) is 5.32 Å². The molecule has 0 saturated carbocycles. The Kier molecular flexibility index (Phi) is 2.91. The Labute approximate surface area is 124 Å². The number of thiocarbonyl (C=S) groups is 1. The second-order valence-electron chi connectivity index (χ2n) is 6.14. The number of esters is 1. The molecule has 3 atom stereocenters. The van der Waals surface area contributed by atoms with Crippen LogP contribution in [0.1, 0.15) is 44.4 Å². The molecule has 3 aliphatic rings. The Morgan fingerprint density at radius 3 is 2.85 bits per heavy atom. The molecule has 1 fully saturated rings. The van der Waals surface area contributed by atoms with Gasteiger partial charge in [0.15, 0.2) is 0 Å². The van der Waals surface area contributed by atoms with Gasteiger partial charge in [-0.1, -0.05) is 36.5 Å². The summed E-state index contributed by atoms with van der Waals surface area (Å²) < 4.78 is 5.31. The van der Waals surface area contributed by atoms with Crippen LogP contribution in [0, 0.1) is 5.41 Å². The first-order valence-electron chi connectivity index (χ1n) is 7.01. The molecule has 3 nitrogen and oxygen atoms in total. The van der Waals surface area contributed by atoms with Gasteiger partial charge in [-0.3, -0.25) is 4.79 Å². The van der Waals surface area contributed by atoms with Gasteiger partial charge in [0, 0.05) is 5.41 Å². The zero-order chi connectivity index (χ0) is 14.5. The van der Waals surface area contributed by atoms with Crippen molar-refractivity contribution >= 4 is 23.2 Å². The number of hydrogen-bond donors (Lipinski definition) is 1. The Morgan fingerprint density at radius 1 is 1.45 bits per heavy atom. The number of benzene rings is 1. The van der Waals surface area contributed by atoms with Crippen LogP contribution < -0.4 is 5.32 Å². The van der Waals surface area contributed by atoms with E-state index >= 15 is 0 Å². The molecule has 1 aromatic carbocycles. The largest absolute Gasteiger partial charge is 0.466 e. The van der Waals surface area contributed by atoms with Crippen molar-refractivity contribution in [2.24, 2.45) is 5.41 Å². The minimum atomic E-state index is -0.568. The van der Waals surface area contributed by atoms with Gasteiger partial charge < -0.3 is 10.1 Å². The number of ether oxygens (including phenoxy) is 1. The minimum Gasteiger partial charge on any atom is -0.466 e. The molecule has 2 aliphatic heterocycles. The quantitative estimate of drug-likeness (QED) is 0.671. The molecule has 1 aliphatic carbocycles. The van der Waals surface area contributed by atoms with Crippen molar-refractivity contribution < 1.29 is 9.53 Å². The van der Waals surface area contributed by atoms with Gasteiger partial charge in [-0.05, 0) is 38.3 Å². The van der Waals surface area contributed by atoms with Gasteiger partial charge in [-0.25, -0.2) is 0 Å². The highest BCUT2D eigenvalue weighted by atomic mass is 32.1. The van der Waals surface area contributed by atoms with Crippen molar-refractivity contribution in [3.63, 3.8) is 0 Å². The SMILES string of the molecule is CCOC(=O)C1(C)CC2(C)C(=S)NC1c1ccccc12. The van der Waals surface area contributed by atoms with E-state index in [-0.39, 0.29) is 17.4 Å². The molecular weight excluding hydrogens is 270 g/mol. The van der Waals surface area contributed by atoms with Crippen LogP contribution in [0.15, 0.2) is 24.3 Å². The molecular formula is C16H19NO2S. The number of rotatable bonds is 2. The number of piperidine rings is 1. The van der Waals surface area contributed by atoms with Gasteiger partial charge in [-0.15, -0.1) is 0 Å². The molecule has 1 saturated heterocycles. The number of hydrogen-bond acceptors (Lipinski definition) is 3. The normalized spacial score (nSPS) is 34.4. The highest BCUT2D eigenvalue weighted by molar-refractivity contribution is 7.80. The molecule has 0 radical (unpaired) electrons. The lowest BCUT2D eigenvalue weighted by molar-refractivity contribution is -0.158. The fourth-order valence-corrected chi connectivity index (χ4v) is 4.04. The molecule has 4 rings (SSSR count). The Bertz CT molecular complexity index is 600. The topological polar surface area (TPSA) is 38.3 Å². The highest BCUT2D eigenvalue weighted by Crippen LogP contribution is 2.56. The lowest BCUT2D eigenvalue weighted by Gasteiger charge is -2.55. The summed E-state index contributed by atoms with van der Waals surface area (Å²) in [7, 11) is 0. The van der Waals surface area contributed by atoms with Gasteiger partial charge in [0.1, 0.15) is 0 Å². The summed E-state index contributed by atoms with van der Waals surface area (Å²) in [5, 5.41) is 3.37. The molecule has 2 bridgehead atoms. The van der Waals surface area contributed by atoms with Crippen LogP contribution in [0.2, 0.25) is 0 Å². The van der Waals surface area contributed by atoms with Gasteiger partial charge in [-0.2, -0.15) is 0 Å². The maximum atomic E-state index is 12.5. The van der Waals surface area contributed by atoms with Crippen LogP contribution >= 0.6 is 12.2 Å². The maximum absolute atomic E-state index is 12.5. The van der Waals surface area contributed by atoms with Crippen molar-refractivity contribution in [1.29, 1.82) is 0 Å². The first kappa shape index (κ1) is 13.6. The zero-order valence-corrected chi connectivity index (χ0v) is 12.8. The van der Waals surface area contributed by atoms with E-state index in [9.17, 15) is 4.79 Å². The average Bonchev–Trinajstić information content (AvgIpc) is 2.42. The van der Waals surface area contributed by atoms with Gasteiger partial charge in [0.25, 0.3) is 0 Å². The predicted molar refractivity (Wildman–Crippen MR) is 81.6 cm³/mol. The van der Waals surface area contributed by atoms with Crippen LogP contribution in [0.3, 0.4) is 0 Å². The molecule has 1 N–H and O–H groups in total. The molecule has 20 heavy (non-hydrogen) atoms. The van der Waals surface area contributed by atoms with Gasteiger partial charge in [0.05, 0.1) is 23.1 Å². The van der Waals surface area contributed by atoms with Gasteiger partial charge in [0.2, 0.25) is 0 Å². The van der Waals surface area contributed by atoms with Crippen molar-refractivity contribution in [2.75, 3.05) is 6.61 Å². The minimum absolute atomic E-state index is 0.0907. The van der Waals surface area contributed by atoms with Crippen LogP contribution in [0.5, 0.6) is 0 Å². The summed E-state index contributed by atoms with van der Waals surface area (Å²) in [6, 6.07) is 8.17. The highest BCUT2D eigenvalue weighted by Gasteiger charge is 2.59. The molecule has 0 aromatic heterocycles. The zero-order valence-electron chi connectivity index (χ0n) is 12.0. The van der Waals surface area contributed by atoms with Crippen molar-refractivity contribution in [3.05, 3.63) is 35.4 Å². The number of fused-ring (bicyclic) bond motifs is 2. The Balaban J connectivity index is 2.15. The summed E-state index contributed by atoms with van der Waals surface area (Å²) in [5.41, 5.74) is 1.56. The third-order valence-electron chi connectivity index (χ3n) is 4.74. The molecule has 106 valence electrons. The molecule has 0 amide bonds. The standard InChI is InChI=1S/C16H19NO2S/c1-4-19-14(18)16(3)9-15(2)11-8-6-5-7-10(11)12(16)17-13(15)20/h5-8,12H,4,9H2,1-3H3,(H,17,20). The monoisotopic (exact) mass is 289 g/mol. The Hall–Kier alpha value is -1.42. The first-order valence-corrected chi connectivity index (χ1v) is 7.42. The van der Waals surface area contributed by atoms with E-state index in [1.807, 2.05) is 26.0 Å². The van der Waals surface area contributed by atoms with E-state index in [2.05, 4.69) is 24.4 Å². The fraction of sp³-hybridized carbons (Fsp3) is 0.500. The summed E-state index contributed by atoms with van der Waals surface area (Å²) >= 11 is 5.54. The summed E-state index contributed by atoms with van der Waals surface area (Å²) in [6.07, 6.45) is 0.701. The second-order valence-corrected chi connectivity index (χ2v) is 6.55. The predicted octanol–water partition coefficient (Wildman–Crippen LogP) is 2.89. The van der Waals surface area contributed by atoms with Crippen molar-refractivity contribution in [3.8, 4) is 0 Å². The third kappa shape index (κ3) is 1.57. The lowest BCUT2D eigenvalue weighted by atomic mass is 9.55. The molecule has 2 heterocycles. The fourth-order valence-electron chi connectivity index (χ4n) is 3.74. The summed E-state index contributed by atoms with van der Waals surface area (Å²) in [5.74, 6) is -0.138. The van der Waals surface area contributed by atoms with Crippen LogP contribution in [-0.4, -0.2) is 17.6 Å². The first-order chi connectivity index (χ1) is 9.43. The second kappa shape index (κ2) is 4.29. The molecule has 3 unspecified atom stereocenters. The molecule has 4 heteroatoms. The van der Waals surface area contributed by atoms with E-state index < -0.39 is 5.41 Å². The number of carbonyl (C=O) groups excluding carboxylic acids is 1. The van der Waals surface area contributed by atoms with Gasteiger partial charge >= 0.3 is 5.97 Å². The summed E-state index contributed by atoms with van der Waals surface area (Å²) in [6.45, 7) is 6.35. The van der Waals surface area contributed by atoms with E-state index in [1.54, 1.807) is 0 Å². The van der Waals surface area contributed by atoms with Crippen LogP contribution in [0.25, 0.3) is 0 Å². The van der Waals surface area contributed by atoms with E-state index in [0.29, 0.717) is 13.0 Å². The van der Waals surface area contributed by atoms with E-state index in [0.717, 1.165) is 4.99 Å². The average molecular weight is 289 g/mol. The number of carbonyl (C=O) groups is 1. The van der Waals surface area contributed by atoms with Crippen LogP contribution in [0.4, 0.5) is 0 Å². The van der Waals surface area contributed by atoms with E-state index in [1.165, 1.54) is 11.1 Å².